The van der Waals surface area contributed by atoms with Gasteiger partial charge in [-0.15, -0.1) is 0 Å². The van der Waals surface area contributed by atoms with Gasteiger partial charge in [-0.3, -0.25) is 0 Å². The van der Waals surface area contributed by atoms with E-state index in [4.69, 9.17) is 18.0 Å². The van der Waals surface area contributed by atoms with Crippen LogP contribution < -0.4 is 10.6 Å². The summed E-state index contributed by atoms with van der Waals surface area (Å²) in [6.07, 6.45) is 3.41. The van der Waals surface area contributed by atoms with Crippen LogP contribution in [0.25, 0.3) is 0 Å². The predicted octanol–water partition coefficient (Wildman–Crippen LogP) is 4.00. The molecule has 1 rings (SSSR count). The van der Waals surface area contributed by atoms with Crippen LogP contribution in [-0.4, -0.2) is 18.1 Å². The third-order valence-corrected chi connectivity index (χ3v) is 4.13. The molecule has 0 bridgehead atoms. The van der Waals surface area contributed by atoms with Crippen LogP contribution in [-0.2, 0) is 0 Å². The second-order valence-electron chi connectivity index (χ2n) is 5.67. The fourth-order valence-corrected chi connectivity index (χ4v) is 2.00. The predicted molar refractivity (Wildman–Crippen MR) is 88.7 cm³/mol. The number of nitrogens with zero attached hydrogens (tertiary/aromatic N) is 1. The van der Waals surface area contributed by atoms with Crippen LogP contribution in [0.5, 0.6) is 0 Å². The average molecular weight is 278 g/mol. The summed E-state index contributed by atoms with van der Waals surface area (Å²) in [6.45, 7) is 8.56. The SMILES string of the molecule is CCCCN(CCC(C)(C)C(N)=S)c1ccccc1. The van der Waals surface area contributed by atoms with Crippen molar-refractivity contribution in [3.63, 3.8) is 0 Å². The van der Waals surface area contributed by atoms with E-state index in [1.165, 1.54) is 18.5 Å². The van der Waals surface area contributed by atoms with Gasteiger partial charge in [-0.1, -0.05) is 57.6 Å². The molecule has 2 nitrogen and oxygen atoms in total. The monoisotopic (exact) mass is 278 g/mol. The van der Waals surface area contributed by atoms with E-state index in [0.717, 1.165) is 19.5 Å². The lowest BCUT2D eigenvalue weighted by atomic mass is 9.89. The van der Waals surface area contributed by atoms with E-state index >= 15 is 0 Å². The Balaban J connectivity index is 2.68. The summed E-state index contributed by atoms with van der Waals surface area (Å²) in [5, 5.41) is 0. The van der Waals surface area contributed by atoms with E-state index in [2.05, 4.69) is 56.0 Å². The molecule has 1 aromatic carbocycles. The van der Waals surface area contributed by atoms with Gasteiger partial charge >= 0.3 is 0 Å². The molecule has 3 heteroatoms. The normalized spacial score (nSPS) is 11.3. The van der Waals surface area contributed by atoms with Gasteiger partial charge in [-0.05, 0) is 25.0 Å². The maximum atomic E-state index is 5.81. The van der Waals surface area contributed by atoms with E-state index in [0.29, 0.717) is 4.99 Å². The lowest BCUT2D eigenvalue weighted by Crippen LogP contribution is -2.35. The molecule has 0 aliphatic rings. The van der Waals surface area contributed by atoms with Crippen molar-refractivity contribution in [2.24, 2.45) is 11.1 Å². The molecule has 0 fully saturated rings. The standard InChI is InChI=1S/C16H26N2S/c1-4-5-12-18(14-9-7-6-8-10-14)13-11-16(2,3)15(17)19/h6-10H,4-5,11-13H2,1-3H3,(H2,17,19). The first kappa shape index (κ1) is 16.0. The lowest BCUT2D eigenvalue weighted by molar-refractivity contribution is 0.473. The third-order valence-electron chi connectivity index (χ3n) is 3.58. The van der Waals surface area contributed by atoms with Crippen molar-refractivity contribution < 1.29 is 0 Å². The number of hydrogen-bond donors (Lipinski definition) is 1. The molecule has 0 amide bonds. The van der Waals surface area contributed by atoms with Crippen molar-refractivity contribution in [2.45, 2.75) is 40.0 Å². The summed E-state index contributed by atoms with van der Waals surface area (Å²) in [7, 11) is 0. The highest BCUT2D eigenvalue weighted by Gasteiger charge is 2.22. The first-order valence-corrected chi connectivity index (χ1v) is 7.48. The van der Waals surface area contributed by atoms with Gasteiger partial charge in [-0.2, -0.15) is 0 Å². The van der Waals surface area contributed by atoms with E-state index in [9.17, 15) is 0 Å². The van der Waals surface area contributed by atoms with Crippen molar-refractivity contribution in [1.82, 2.24) is 0 Å². The van der Waals surface area contributed by atoms with Crippen LogP contribution in [0.1, 0.15) is 40.0 Å². The minimum absolute atomic E-state index is 0.0748. The van der Waals surface area contributed by atoms with Gasteiger partial charge in [0, 0.05) is 24.2 Å². The quantitative estimate of drug-likeness (QED) is 0.729. The molecule has 19 heavy (non-hydrogen) atoms. The van der Waals surface area contributed by atoms with Crippen molar-refractivity contribution in [3.05, 3.63) is 30.3 Å². The first-order valence-electron chi connectivity index (χ1n) is 7.07. The van der Waals surface area contributed by atoms with Gasteiger partial charge in [-0.25, -0.2) is 0 Å². The largest absolute Gasteiger partial charge is 0.393 e. The second-order valence-corrected chi connectivity index (χ2v) is 6.11. The molecular weight excluding hydrogens is 252 g/mol. The summed E-state index contributed by atoms with van der Waals surface area (Å²) in [6, 6.07) is 10.6. The van der Waals surface area contributed by atoms with Crippen molar-refractivity contribution in [3.8, 4) is 0 Å². The highest BCUT2D eigenvalue weighted by molar-refractivity contribution is 7.80. The zero-order valence-corrected chi connectivity index (χ0v) is 13.2. The Morgan fingerprint density at radius 1 is 1.21 bits per heavy atom. The van der Waals surface area contributed by atoms with Gasteiger partial charge in [0.15, 0.2) is 0 Å². The molecule has 2 N–H and O–H groups in total. The fraction of sp³-hybridized carbons (Fsp3) is 0.562. The highest BCUT2D eigenvalue weighted by Crippen LogP contribution is 2.23. The number of hydrogen-bond acceptors (Lipinski definition) is 2. The van der Waals surface area contributed by atoms with Gasteiger partial charge in [0.05, 0.1) is 4.99 Å². The molecule has 0 saturated carbocycles. The molecule has 0 radical (unpaired) electrons. The number of unbranched alkanes of at least 4 members (excludes halogenated alkanes) is 1. The Kier molecular flexibility index (Phi) is 6.29. The molecule has 0 aromatic heterocycles. The van der Waals surface area contributed by atoms with Crippen LogP contribution >= 0.6 is 12.2 Å². The molecule has 0 unspecified atom stereocenters. The van der Waals surface area contributed by atoms with Gasteiger partial charge < -0.3 is 10.6 Å². The molecule has 0 atom stereocenters. The van der Waals surface area contributed by atoms with E-state index in [-0.39, 0.29) is 5.41 Å². The summed E-state index contributed by atoms with van der Waals surface area (Å²) in [4.78, 5) is 3.04. The van der Waals surface area contributed by atoms with Crippen LogP contribution in [0.4, 0.5) is 5.69 Å². The number of thiocarbonyl (C=S) groups is 1. The summed E-state index contributed by atoms with van der Waals surface area (Å²) < 4.78 is 0. The Morgan fingerprint density at radius 3 is 2.37 bits per heavy atom. The van der Waals surface area contributed by atoms with Crippen molar-refractivity contribution in [2.75, 3.05) is 18.0 Å². The molecule has 1 aromatic rings. The lowest BCUT2D eigenvalue weighted by Gasteiger charge is -2.30. The third kappa shape index (κ3) is 5.19. The highest BCUT2D eigenvalue weighted by atomic mass is 32.1. The van der Waals surface area contributed by atoms with Crippen LogP contribution in [0, 0.1) is 5.41 Å². The average Bonchev–Trinajstić information content (AvgIpc) is 2.39. The first-order chi connectivity index (χ1) is 8.97. The van der Waals surface area contributed by atoms with Crippen LogP contribution in [0.15, 0.2) is 30.3 Å². The number of nitrogens with two attached hydrogens (primary N) is 1. The topological polar surface area (TPSA) is 29.3 Å². The van der Waals surface area contributed by atoms with Crippen LogP contribution in [0.3, 0.4) is 0 Å². The number of benzene rings is 1. The van der Waals surface area contributed by atoms with Gasteiger partial charge in [0.2, 0.25) is 0 Å². The maximum Gasteiger partial charge on any atom is 0.0785 e. The number of para-hydroxylation sites is 1. The minimum atomic E-state index is -0.0748. The molecule has 0 aliphatic carbocycles. The minimum Gasteiger partial charge on any atom is -0.393 e. The summed E-state index contributed by atoms with van der Waals surface area (Å²) in [5.41, 5.74) is 7.02. The van der Waals surface area contributed by atoms with E-state index in [1.54, 1.807) is 0 Å². The molecule has 0 heterocycles. The fourth-order valence-electron chi connectivity index (χ4n) is 1.90. The Hall–Kier alpha value is -1.09. The number of rotatable bonds is 8. The second kappa shape index (κ2) is 7.49. The smallest absolute Gasteiger partial charge is 0.0785 e. The molecule has 106 valence electrons. The summed E-state index contributed by atoms with van der Waals surface area (Å²) in [5.74, 6) is 0. The van der Waals surface area contributed by atoms with Crippen molar-refractivity contribution >= 4 is 22.9 Å². The Morgan fingerprint density at radius 2 is 1.84 bits per heavy atom. The van der Waals surface area contributed by atoms with E-state index < -0.39 is 0 Å². The number of anilines is 1. The molecular formula is C16H26N2S. The molecule has 0 spiro atoms. The van der Waals surface area contributed by atoms with E-state index in [1.807, 2.05) is 0 Å². The van der Waals surface area contributed by atoms with Gasteiger partial charge in [0.1, 0.15) is 0 Å². The molecule has 0 saturated heterocycles. The Labute approximate surface area is 123 Å². The zero-order chi connectivity index (χ0) is 14.3. The van der Waals surface area contributed by atoms with Gasteiger partial charge in [0.25, 0.3) is 0 Å². The Bertz CT molecular complexity index is 387. The summed E-state index contributed by atoms with van der Waals surface area (Å²) >= 11 is 5.15. The maximum absolute atomic E-state index is 5.81. The molecule has 0 aliphatic heterocycles. The van der Waals surface area contributed by atoms with Crippen LogP contribution in [0.2, 0.25) is 0 Å². The zero-order valence-electron chi connectivity index (χ0n) is 12.4. The van der Waals surface area contributed by atoms with Crippen molar-refractivity contribution in [1.29, 1.82) is 0 Å².